The van der Waals surface area contributed by atoms with Crippen LogP contribution < -0.4 is 5.32 Å². The Morgan fingerprint density at radius 3 is 2.31 bits per heavy atom. The largest absolute Gasteiger partial charge is 0.317 e. The molecule has 1 fully saturated rings. The summed E-state index contributed by atoms with van der Waals surface area (Å²) in [5.41, 5.74) is 3.88. The van der Waals surface area contributed by atoms with Crippen LogP contribution in [0.2, 0.25) is 5.02 Å². The maximum Gasteiger partial charge on any atom is 0.0464 e. The van der Waals surface area contributed by atoms with E-state index in [4.69, 9.17) is 11.6 Å². The van der Waals surface area contributed by atoms with E-state index in [1.165, 1.54) is 49.0 Å². The third-order valence-corrected chi connectivity index (χ3v) is 4.08. The number of rotatable bonds is 2. The smallest absolute Gasteiger partial charge is 0.0464 e. The van der Waals surface area contributed by atoms with E-state index >= 15 is 0 Å². The van der Waals surface area contributed by atoms with Crippen molar-refractivity contribution in [2.75, 3.05) is 13.1 Å². The van der Waals surface area contributed by atoms with Gasteiger partial charge in [0, 0.05) is 5.02 Å². The molecule has 0 unspecified atom stereocenters. The number of piperidine rings is 1. The number of hydrogen-bond acceptors (Lipinski definition) is 1. The summed E-state index contributed by atoms with van der Waals surface area (Å²) in [6.45, 7) is 6.55. The molecule has 0 radical (unpaired) electrons. The monoisotopic (exact) mass is 237 g/mol. The first-order valence-corrected chi connectivity index (χ1v) is 6.51. The van der Waals surface area contributed by atoms with Gasteiger partial charge in [0.05, 0.1) is 0 Å². The average Bonchev–Trinajstić information content (AvgIpc) is 2.27. The Hall–Kier alpha value is -0.530. The van der Waals surface area contributed by atoms with E-state index in [9.17, 15) is 0 Å². The number of hydrogen-bond donors (Lipinski definition) is 1. The van der Waals surface area contributed by atoms with Crippen LogP contribution in [0.15, 0.2) is 12.1 Å². The first-order chi connectivity index (χ1) is 7.66. The third-order valence-electron chi connectivity index (χ3n) is 3.48. The van der Waals surface area contributed by atoms with Gasteiger partial charge in [0.2, 0.25) is 0 Å². The van der Waals surface area contributed by atoms with Crippen LogP contribution in [0.5, 0.6) is 0 Å². The van der Waals surface area contributed by atoms with Crippen LogP contribution in [0.3, 0.4) is 0 Å². The molecule has 0 atom stereocenters. The molecule has 0 saturated carbocycles. The average molecular weight is 238 g/mol. The molecule has 1 aliphatic rings. The van der Waals surface area contributed by atoms with Gasteiger partial charge < -0.3 is 5.32 Å². The summed E-state index contributed by atoms with van der Waals surface area (Å²) >= 11 is 6.18. The summed E-state index contributed by atoms with van der Waals surface area (Å²) in [5, 5.41) is 4.34. The highest BCUT2D eigenvalue weighted by molar-refractivity contribution is 6.32. The minimum absolute atomic E-state index is 0.848. The van der Waals surface area contributed by atoms with Crippen molar-refractivity contribution in [1.82, 2.24) is 5.32 Å². The van der Waals surface area contributed by atoms with E-state index in [2.05, 4.69) is 31.3 Å². The predicted molar refractivity (Wildman–Crippen MR) is 70.2 cm³/mol. The van der Waals surface area contributed by atoms with Crippen LogP contribution in [0, 0.1) is 19.8 Å². The lowest BCUT2D eigenvalue weighted by molar-refractivity contribution is 0.372. The molecule has 0 aromatic heterocycles. The number of halogens is 1. The van der Waals surface area contributed by atoms with Crippen LogP contribution in [0.4, 0.5) is 0 Å². The predicted octanol–water partition coefficient (Wildman–Crippen LogP) is 3.50. The van der Waals surface area contributed by atoms with Gasteiger partial charge in [-0.2, -0.15) is 0 Å². The van der Waals surface area contributed by atoms with E-state index < -0.39 is 0 Å². The zero-order valence-corrected chi connectivity index (χ0v) is 10.9. The second kappa shape index (κ2) is 5.20. The molecule has 1 aromatic carbocycles. The van der Waals surface area contributed by atoms with Gasteiger partial charge in [-0.25, -0.2) is 0 Å². The molecule has 0 aliphatic carbocycles. The van der Waals surface area contributed by atoms with Crippen LogP contribution in [-0.4, -0.2) is 13.1 Å². The van der Waals surface area contributed by atoms with Crippen LogP contribution >= 0.6 is 11.6 Å². The van der Waals surface area contributed by atoms with Crippen LogP contribution in [-0.2, 0) is 6.42 Å². The van der Waals surface area contributed by atoms with E-state index in [1.807, 2.05) is 0 Å². The maximum absolute atomic E-state index is 6.18. The summed E-state index contributed by atoms with van der Waals surface area (Å²) in [6, 6.07) is 4.49. The van der Waals surface area contributed by atoms with Crippen LogP contribution in [0.1, 0.15) is 29.5 Å². The highest BCUT2D eigenvalue weighted by Gasteiger charge is 2.14. The number of nitrogens with one attached hydrogen (secondary N) is 1. The number of aryl methyl sites for hydroxylation is 2. The van der Waals surface area contributed by atoms with Gasteiger partial charge in [-0.3, -0.25) is 0 Å². The SMILES string of the molecule is Cc1cc(CC2CCNCC2)cc(C)c1Cl. The lowest BCUT2D eigenvalue weighted by Crippen LogP contribution is -2.28. The molecular formula is C14H20ClN. The van der Waals surface area contributed by atoms with Gasteiger partial charge in [0.1, 0.15) is 0 Å². The van der Waals surface area contributed by atoms with E-state index in [0.717, 1.165) is 10.9 Å². The molecular weight excluding hydrogens is 218 g/mol. The summed E-state index contributed by atoms with van der Waals surface area (Å²) in [4.78, 5) is 0. The van der Waals surface area contributed by atoms with Gasteiger partial charge in [-0.1, -0.05) is 23.7 Å². The van der Waals surface area contributed by atoms with E-state index in [0.29, 0.717) is 0 Å². The molecule has 1 heterocycles. The molecule has 16 heavy (non-hydrogen) atoms. The summed E-state index contributed by atoms with van der Waals surface area (Å²) < 4.78 is 0. The maximum atomic E-state index is 6.18. The van der Waals surface area contributed by atoms with E-state index in [1.54, 1.807) is 0 Å². The van der Waals surface area contributed by atoms with Crippen molar-refractivity contribution in [3.63, 3.8) is 0 Å². The zero-order chi connectivity index (χ0) is 11.5. The Bertz CT molecular complexity index is 344. The molecule has 2 heteroatoms. The van der Waals surface area contributed by atoms with Crippen molar-refractivity contribution < 1.29 is 0 Å². The molecule has 1 N–H and O–H groups in total. The third kappa shape index (κ3) is 2.78. The topological polar surface area (TPSA) is 12.0 Å². The minimum atomic E-state index is 0.848. The molecule has 1 saturated heterocycles. The number of benzene rings is 1. The molecule has 1 aliphatic heterocycles. The lowest BCUT2D eigenvalue weighted by Gasteiger charge is -2.23. The molecule has 1 aromatic rings. The molecule has 88 valence electrons. The molecule has 0 bridgehead atoms. The standard InChI is InChI=1S/C14H20ClN/c1-10-7-13(8-11(2)14(10)15)9-12-3-5-16-6-4-12/h7-8,12,16H,3-6,9H2,1-2H3. The summed E-state index contributed by atoms with van der Waals surface area (Å²) in [6.07, 6.45) is 3.82. The van der Waals surface area contributed by atoms with Gasteiger partial charge >= 0.3 is 0 Å². The Kier molecular flexibility index (Phi) is 3.88. The highest BCUT2D eigenvalue weighted by atomic mass is 35.5. The summed E-state index contributed by atoms with van der Waals surface area (Å²) in [7, 11) is 0. The van der Waals surface area contributed by atoms with Crippen molar-refractivity contribution in [3.05, 3.63) is 33.8 Å². The second-order valence-electron chi connectivity index (χ2n) is 4.94. The van der Waals surface area contributed by atoms with Crippen LogP contribution in [0.25, 0.3) is 0 Å². The van der Waals surface area contributed by atoms with Gasteiger partial charge in [0.25, 0.3) is 0 Å². The van der Waals surface area contributed by atoms with E-state index in [-0.39, 0.29) is 0 Å². The van der Waals surface area contributed by atoms with Crippen molar-refractivity contribution in [2.24, 2.45) is 5.92 Å². The first-order valence-electron chi connectivity index (χ1n) is 6.13. The molecule has 1 nitrogen and oxygen atoms in total. The van der Waals surface area contributed by atoms with Crippen molar-refractivity contribution in [1.29, 1.82) is 0 Å². The quantitative estimate of drug-likeness (QED) is 0.830. The van der Waals surface area contributed by atoms with Gasteiger partial charge in [0.15, 0.2) is 0 Å². The zero-order valence-electron chi connectivity index (χ0n) is 10.1. The lowest BCUT2D eigenvalue weighted by atomic mass is 9.90. The van der Waals surface area contributed by atoms with Gasteiger partial charge in [-0.15, -0.1) is 0 Å². The Morgan fingerprint density at radius 2 is 1.75 bits per heavy atom. The second-order valence-corrected chi connectivity index (χ2v) is 5.32. The Balaban J connectivity index is 2.09. The molecule has 0 spiro atoms. The fourth-order valence-corrected chi connectivity index (χ4v) is 2.68. The highest BCUT2D eigenvalue weighted by Crippen LogP contribution is 2.25. The van der Waals surface area contributed by atoms with Gasteiger partial charge in [-0.05, 0) is 68.8 Å². The Morgan fingerprint density at radius 1 is 1.19 bits per heavy atom. The van der Waals surface area contributed by atoms with Crippen molar-refractivity contribution in [3.8, 4) is 0 Å². The Labute approximate surface area is 103 Å². The first kappa shape index (κ1) is 11.9. The fourth-order valence-electron chi connectivity index (χ4n) is 2.57. The summed E-state index contributed by atoms with van der Waals surface area (Å²) in [5.74, 6) is 0.848. The van der Waals surface area contributed by atoms with Crippen molar-refractivity contribution in [2.45, 2.75) is 33.1 Å². The normalized spacial score (nSPS) is 17.7. The minimum Gasteiger partial charge on any atom is -0.317 e. The molecule has 0 amide bonds. The fraction of sp³-hybridized carbons (Fsp3) is 0.571. The van der Waals surface area contributed by atoms with Crippen molar-refractivity contribution >= 4 is 11.6 Å². The molecule has 2 rings (SSSR count).